The van der Waals surface area contributed by atoms with Crippen molar-refractivity contribution in [3.8, 4) is 5.88 Å². The highest BCUT2D eigenvalue weighted by Crippen LogP contribution is 2.24. The van der Waals surface area contributed by atoms with E-state index in [2.05, 4.69) is 16.9 Å². The monoisotopic (exact) mass is 235 g/mol. The lowest BCUT2D eigenvalue weighted by atomic mass is 10.2. The first-order valence-corrected chi connectivity index (χ1v) is 6.19. The molecule has 0 saturated heterocycles. The van der Waals surface area contributed by atoms with Crippen molar-refractivity contribution in [2.45, 2.75) is 32.4 Å². The topological polar surface area (TPSA) is 51.4 Å². The summed E-state index contributed by atoms with van der Waals surface area (Å²) in [5.41, 5.74) is 7.65. The molecule has 2 N–H and O–H groups in total. The van der Waals surface area contributed by atoms with Crippen molar-refractivity contribution in [3.63, 3.8) is 0 Å². The molecule has 2 rings (SSSR count). The van der Waals surface area contributed by atoms with Gasteiger partial charge in [-0.05, 0) is 38.4 Å². The minimum atomic E-state index is 0.529. The van der Waals surface area contributed by atoms with Gasteiger partial charge in [0.1, 0.15) is 6.61 Å². The number of hydrogen-bond acceptors (Lipinski definition) is 4. The van der Waals surface area contributed by atoms with Crippen molar-refractivity contribution in [1.29, 1.82) is 0 Å². The van der Waals surface area contributed by atoms with Gasteiger partial charge in [0.25, 0.3) is 0 Å². The maximum absolute atomic E-state index is 5.67. The van der Waals surface area contributed by atoms with E-state index in [0.717, 1.165) is 23.8 Å². The molecule has 0 bridgehead atoms. The maximum Gasteiger partial charge on any atom is 0.213 e. The molecule has 0 spiro atoms. The van der Waals surface area contributed by atoms with Gasteiger partial charge in [-0.1, -0.05) is 0 Å². The molecule has 0 radical (unpaired) electrons. The van der Waals surface area contributed by atoms with Crippen LogP contribution in [-0.4, -0.2) is 36.1 Å². The zero-order chi connectivity index (χ0) is 12.3. The van der Waals surface area contributed by atoms with Gasteiger partial charge < -0.3 is 15.4 Å². The standard InChI is InChI=1S/C13H21N3O/c1-10-7-11(9-14)8-13(15-10)17-6-5-16(2)12-3-4-12/h7-8,12H,3-6,9,14H2,1-2H3. The second-order valence-corrected chi connectivity index (χ2v) is 4.72. The zero-order valence-electron chi connectivity index (χ0n) is 10.6. The predicted molar refractivity (Wildman–Crippen MR) is 68.0 cm³/mol. The number of nitrogens with two attached hydrogens (primary N) is 1. The van der Waals surface area contributed by atoms with Gasteiger partial charge in [0, 0.05) is 30.9 Å². The number of rotatable bonds is 6. The second kappa shape index (κ2) is 5.47. The molecular formula is C13H21N3O. The smallest absolute Gasteiger partial charge is 0.213 e. The van der Waals surface area contributed by atoms with E-state index in [1.165, 1.54) is 12.8 Å². The van der Waals surface area contributed by atoms with Crippen LogP contribution < -0.4 is 10.5 Å². The lowest BCUT2D eigenvalue weighted by Gasteiger charge is -2.15. The highest BCUT2D eigenvalue weighted by atomic mass is 16.5. The highest BCUT2D eigenvalue weighted by molar-refractivity contribution is 5.24. The normalized spacial score (nSPS) is 15.3. The molecule has 1 aromatic heterocycles. The van der Waals surface area contributed by atoms with Crippen molar-refractivity contribution < 1.29 is 4.74 Å². The predicted octanol–water partition coefficient (Wildman–Crippen LogP) is 1.32. The molecule has 1 fully saturated rings. The molecule has 0 unspecified atom stereocenters. The summed E-state index contributed by atoms with van der Waals surface area (Å²) >= 11 is 0. The average molecular weight is 235 g/mol. The first-order valence-electron chi connectivity index (χ1n) is 6.19. The molecule has 1 aliphatic rings. The van der Waals surface area contributed by atoms with E-state index in [9.17, 15) is 0 Å². The molecule has 0 aromatic carbocycles. The van der Waals surface area contributed by atoms with E-state index in [4.69, 9.17) is 10.5 Å². The number of aryl methyl sites for hydroxylation is 1. The van der Waals surface area contributed by atoms with Crippen molar-refractivity contribution in [2.24, 2.45) is 5.73 Å². The van der Waals surface area contributed by atoms with Crippen LogP contribution in [0.5, 0.6) is 5.88 Å². The van der Waals surface area contributed by atoms with Crippen LogP contribution in [0, 0.1) is 6.92 Å². The fraction of sp³-hybridized carbons (Fsp3) is 0.615. The van der Waals surface area contributed by atoms with Gasteiger partial charge in [0.2, 0.25) is 5.88 Å². The molecule has 17 heavy (non-hydrogen) atoms. The molecule has 0 aliphatic heterocycles. The van der Waals surface area contributed by atoms with Crippen LogP contribution in [0.2, 0.25) is 0 Å². The molecule has 0 amide bonds. The fourth-order valence-corrected chi connectivity index (χ4v) is 1.89. The van der Waals surface area contributed by atoms with Gasteiger partial charge in [0.05, 0.1) is 0 Å². The Morgan fingerprint density at radius 3 is 2.88 bits per heavy atom. The SMILES string of the molecule is Cc1cc(CN)cc(OCCN(C)C2CC2)n1. The second-order valence-electron chi connectivity index (χ2n) is 4.72. The summed E-state index contributed by atoms with van der Waals surface area (Å²) in [5, 5.41) is 0. The molecular weight excluding hydrogens is 214 g/mol. The largest absolute Gasteiger partial charge is 0.476 e. The molecule has 0 atom stereocenters. The number of pyridine rings is 1. The minimum absolute atomic E-state index is 0.529. The summed E-state index contributed by atoms with van der Waals surface area (Å²) in [6.45, 7) is 4.13. The number of likely N-dealkylation sites (N-methyl/N-ethyl adjacent to an activating group) is 1. The third kappa shape index (κ3) is 3.68. The quantitative estimate of drug-likeness (QED) is 0.808. The van der Waals surface area contributed by atoms with Crippen molar-refractivity contribution in [3.05, 3.63) is 23.4 Å². The number of ether oxygens (including phenoxy) is 1. The molecule has 4 heteroatoms. The number of nitrogens with zero attached hydrogens (tertiary/aromatic N) is 2. The van der Waals surface area contributed by atoms with Crippen LogP contribution >= 0.6 is 0 Å². The first-order chi connectivity index (χ1) is 8.19. The Bertz CT molecular complexity index is 377. The number of hydrogen-bond donors (Lipinski definition) is 1. The summed E-state index contributed by atoms with van der Waals surface area (Å²) < 4.78 is 5.67. The van der Waals surface area contributed by atoms with Gasteiger partial charge >= 0.3 is 0 Å². The Balaban J connectivity index is 1.83. The molecule has 1 aliphatic carbocycles. The molecule has 1 heterocycles. The van der Waals surface area contributed by atoms with Crippen LogP contribution in [0.1, 0.15) is 24.1 Å². The fourth-order valence-electron chi connectivity index (χ4n) is 1.89. The van der Waals surface area contributed by atoms with E-state index in [1.54, 1.807) is 0 Å². The van der Waals surface area contributed by atoms with Gasteiger partial charge in [-0.15, -0.1) is 0 Å². The zero-order valence-corrected chi connectivity index (χ0v) is 10.6. The minimum Gasteiger partial charge on any atom is -0.476 e. The summed E-state index contributed by atoms with van der Waals surface area (Å²) in [5.74, 6) is 0.689. The Morgan fingerprint density at radius 1 is 1.47 bits per heavy atom. The highest BCUT2D eigenvalue weighted by Gasteiger charge is 2.25. The third-order valence-electron chi connectivity index (χ3n) is 3.09. The summed E-state index contributed by atoms with van der Waals surface area (Å²) in [4.78, 5) is 6.69. The van der Waals surface area contributed by atoms with E-state index >= 15 is 0 Å². The lowest BCUT2D eigenvalue weighted by molar-refractivity contribution is 0.226. The van der Waals surface area contributed by atoms with E-state index in [0.29, 0.717) is 19.0 Å². The van der Waals surface area contributed by atoms with Crippen molar-refractivity contribution >= 4 is 0 Å². The van der Waals surface area contributed by atoms with Crippen molar-refractivity contribution in [1.82, 2.24) is 9.88 Å². The van der Waals surface area contributed by atoms with Gasteiger partial charge in [0.15, 0.2) is 0 Å². The van der Waals surface area contributed by atoms with Crippen LogP contribution in [0.3, 0.4) is 0 Å². The van der Waals surface area contributed by atoms with E-state index < -0.39 is 0 Å². The Labute approximate surface area is 103 Å². The van der Waals surface area contributed by atoms with Crippen LogP contribution in [0.15, 0.2) is 12.1 Å². The lowest BCUT2D eigenvalue weighted by Crippen LogP contribution is -2.26. The van der Waals surface area contributed by atoms with Gasteiger partial charge in [-0.25, -0.2) is 4.98 Å². The summed E-state index contributed by atoms with van der Waals surface area (Å²) in [6, 6.07) is 4.69. The van der Waals surface area contributed by atoms with Crippen LogP contribution in [0.25, 0.3) is 0 Å². The Kier molecular flexibility index (Phi) is 3.97. The molecule has 4 nitrogen and oxygen atoms in total. The maximum atomic E-state index is 5.67. The molecule has 1 saturated carbocycles. The van der Waals surface area contributed by atoms with E-state index in [-0.39, 0.29) is 0 Å². The van der Waals surface area contributed by atoms with E-state index in [1.807, 2.05) is 19.1 Å². The molecule has 94 valence electrons. The Morgan fingerprint density at radius 2 is 2.24 bits per heavy atom. The van der Waals surface area contributed by atoms with Crippen molar-refractivity contribution in [2.75, 3.05) is 20.2 Å². The van der Waals surface area contributed by atoms with Crippen LogP contribution in [0.4, 0.5) is 0 Å². The van der Waals surface area contributed by atoms with Gasteiger partial charge in [-0.3, -0.25) is 0 Å². The molecule has 1 aromatic rings. The summed E-state index contributed by atoms with van der Waals surface area (Å²) in [7, 11) is 2.15. The van der Waals surface area contributed by atoms with Gasteiger partial charge in [-0.2, -0.15) is 0 Å². The third-order valence-corrected chi connectivity index (χ3v) is 3.09. The average Bonchev–Trinajstić information content (AvgIpc) is 3.12. The summed E-state index contributed by atoms with van der Waals surface area (Å²) in [6.07, 6.45) is 2.66. The Hall–Kier alpha value is -1.13. The number of aromatic nitrogens is 1. The first kappa shape index (κ1) is 12.3. The van der Waals surface area contributed by atoms with Crippen LogP contribution in [-0.2, 0) is 6.54 Å².